The molecule has 1 atom stereocenters. The summed E-state index contributed by atoms with van der Waals surface area (Å²) in [6, 6.07) is 8.96. The predicted octanol–water partition coefficient (Wildman–Crippen LogP) is 4.68. The molecule has 2 heterocycles. The first-order valence-corrected chi connectivity index (χ1v) is 12.9. The minimum absolute atomic E-state index is 0.000786. The molecule has 4 rings (SSSR count). The van der Waals surface area contributed by atoms with Crippen molar-refractivity contribution in [2.75, 3.05) is 6.61 Å². The summed E-state index contributed by atoms with van der Waals surface area (Å²) in [5, 5.41) is 0.312. The quantitative estimate of drug-likeness (QED) is 0.302. The zero-order chi connectivity index (χ0) is 27.8. The lowest BCUT2D eigenvalue weighted by Gasteiger charge is -2.26. The van der Waals surface area contributed by atoms with Crippen LogP contribution < -0.4 is 19.6 Å². The zero-order valence-corrected chi connectivity index (χ0v) is 22.8. The van der Waals surface area contributed by atoms with Gasteiger partial charge in [0.05, 0.1) is 22.8 Å². The summed E-state index contributed by atoms with van der Waals surface area (Å²) in [6.45, 7) is 2.48. The lowest BCUT2D eigenvalue weighted by atomic mass is 9.95. The van der Waals surface area contributed by atoms with Crippen LogP contribution in [0.5, 0.6) is 5.75 Å². The molecule has 0 aliphatic carbocycles. The van der Waals surface area contributed by atoms with Gasteiger partial charge in [-0.2, -0.15) is 13.2 Å². The molecule has 7 nitrogen and oxygen atoms in total. The molecule has 198 valence electrons. The van der Waals surface area contributed by atoms with Crippen LogP contribution in [0.2, 0.25) is 5.02 Å². The molecular formula is C25H17BrClF3N2O5S. The van der Waals surface area contributed by atoms with Gasteiger partial charge >= 0.3 is 18.1 Å². The number of alkyl halides is 3. The highest BCUT2D eigenvalue weighted by Crippen LogP contribution is 2.38. The molecule has 0 saturated carbocycles. The smallest absolute Gasteiger partial charge is 0.434 e. The van der Waals surface area contributed by atoms with Gasteiger partial charge in [-0.1, -0.05) is 51.0 Å². The van der Waals surface area contributed by atoms with E-state index in [1.54, 1.807) is 12.1 Å². The summed E-state index contributed by atoms with van der Waals surface area (Å²) >= 11 is 9.99. The Labute approximate surface area is 230 Å². The molecule has 0 spiro atoms. The Morgan fingerprint density at radius 2 is 1.89 bits per heavy atom. The van der Waals surface area contributed by atoms with Crippen molar-refractivity contribution in [3.05, 3.63) is 94.0 Å². The number of halogens is 5. The second kappa shape index (κ2) is 10.9. The maximum atomic E-state index is 14.2. The SMILES string of the molecule is CCOC(=O)C1=C(C(F)(F)F)N=c2s/c(=C\c3cc(Br)ccc3OC(C)=O)c(=O)n2[C@@H]1c1ccc(Cl)cc1. The average Bonchev–Trinajstić information content (AvgIpc) is 3.14. The predicted molar refractivity (Wildman–Crippen MR) is 138 cm³/mol. The topological polar surface area (TPSA) is 87.0 Å². The van der Waals surface area contributed by atoms with Crippen LogP contribution in [0.15, 0.2) is 68.0 Å². The van der Waals surface area contributed by atoms with E-state index in [0.717, 1.165) is 4.57 Å². The first kappa shape index (κ1) is 27.8. The molecule has 2 aromatic carbocycles. The van der Waals surface area contributed by atoms with Crippen LogP contribution in [0.1, 0.15) is 31.0 Å². The second-order valence-corrected chi connectivity index (χ2v) is 10.3. The summed E-state index contributed by atoms with van der Waals surface area (Å²) in [6.07, 6.45) is -3.64. The van der Waals surface area contributed by atoms with Gasteiger partial charge in [0.25, 0.3) is 5.56 Å². The van der Waals surface area contributed by atoms with E-state index in [1.807, 2.05) is 0 Å². The largest absolute Gasteiger partial charge is 0.463 e. The number of carbonyl (C=O) groups excluding carboxylic acids is 2. The molecule has 0 bridgehead atoms. The number of allylic oxidation sites excluding steroid dienone is 1. The van der Waals surface area contributed by atoms with E-state index in [9.17, 15) is 27.6 Å². The van der Waals surface area contributed by atoms with Crippen molar-refractivity contribution in [3.8, 4) is 5.75 Å². The minimum Gasteiger partial charge on any atom is -0.463 e. The molecule has 38 heavy (non-hydrogen) atoms. The number of hydrogen-bond acceptors (Lipinski definition) is 7. The summed E-state index contributed by atoms with van der Waals surface area (Å²) < 4.78 is 54.3. The van der Waals surface area contributed by atoms with Crippen molar-refractivity contribution in [3.63, 3.8) is 0 Å². The van der Waals surface area contributed by atoms with E-state index in [-0.39, 0.29) is 27.3 Å². The molecule has 0 saturated heterocycles. The summed E-state index contributed by atoms with van der Waals surface area (Å²) in [4.78, 5) is 41.5. The number of fused-ring (bicyclic) bond motifs is 1. The highest BCUT2D eigenvalue weighted by molar-refractivity contribution is 9.10. The summed E-state index contributed by atoms with van der Waals surface area (Å²) in [5.74, 6) is -1.70. The van der Waals surface area contributed by atoms with Gasteiger partial charge < -0.3 is 9.47 Å². The van der Waals surface area contributed by atoms with Crippen molar-refractivity contribution in [2.45, 2.75) is 26.1 Å². The number of thiazole rings is 1. The normalized spacial score (nSPS) is 15.7. The number of carbonyl (C=O) groups is 2. The highest BCUT2D eigenvalue weighted by Gasteiger charge is 2.45. The van der Waals surface area contributed by atoms with E-state index in [1.165, 1.54) is 50.3 Å². The van der Waals surface area contributed by atoms with Crippen molar-refractivity contribution in [1.29, 1.82) is 0 Å². The Kier molecular flexibility index (Phi) is 7.96. The number of nitrogens with zero attached hydrogens (tertiary/aromatic N) is 2. The number of aromatic nitrogens is 1. The van der Waals surface area contributed by atoms with Gasteiger partial charge in [-0.15, -0.1) is 0 Å². The van der Waals surface area contributed by atoms with Gasteiger partial charge in [-0.05, 0) is 48.9 Å². The average molecular weight is 630 g/mol. The summed E-state index contributed by atoms with van der Waals surface area (Å²) in [7, 11) is 0. The van der Waals surface area contributed by atoms with Gasteiger partial charge in [0.2, 0.25) is 0 Å². The first-order chi connectivity index (χ1) is 17.9. The van der Waals surface area contributed by atoms with Crippen molar-refractivity contribution >= 4 is 56.9 Å². The minimum atomic E-state index is -5.02. The molecule has 13 heteroatoms. The molecule has 0 unspecified atom stereocenters. The lowest BCUT2D eigenvalue weighted by Crippen LogP contribution is -2.41. The van der Waals surface area contributed by atoms with E-state index < -0.39 is 41.0 Å². The van der Waals surface area contributed by atoms with Crippen LogP contribution in [0.25, 0.3) is 6.08 Å². The Bertz CT molecular complexity index is 1640. The molecule has 3 aromatic rings. The van der Waals surface area contributed by atoms with Crippen molar-refractivity contribution < 1.29 is 32.2 Å². The fraction of sp³-hybridized carbons (Fsp3) is 0.200. The monoisotopic (exact) mass is 628 g/mol. The van der Waals surface area contributed by atoms with Crippen LogP contribution in [-0.2, 0) is 14.3 Å². The zero-order valence-electron chi connectivity index (χ0n) is 19.6. The van der Waals surface area contributed by atoms with E-state index in [0.29, 0.717) is 26.4 Å². The lowest BCUT2D eigenvalue weighted by molar-refractivity contribution is -0.140. The standard InChI is InChI=1S/C25H17BrClF3N2O5S/c1-3-36-23(35)19-20(13-4-7-16(27)8-5-13)32-22(34)18(38-24(32)31-21(19)25(28,29)30)11-14-10-15(26)6-9-17(14)37-12(2)33/h4-11,20H,3H2,1-2H3/b18-11-/t20-/m1/s1. The number of rotatable bonds is 5. The fourth-order valence-electron chi connectivity index (χ4n) is 3.82. The first-order valence-electron chi connectivity index (χ1n) is 10.9. The van der Waals surface area contributed by atoms with Crippen LogP contribution in [0, 0.1) is 0 Å². The van der Waals surface area contributed by atoms with E-state index in [4.69, 9.17) is 21.1 Å². The van der Waals surface area contributed by atoms with Gasteiger partial charge in [-0.3, -0.25) is 14.2 Å². The Hall–Kier alpha value is -3.22. The van der Waals surface area contributed by atoms with E-state index >= 15 is 0 Å². The van der Waals surface area contributed by atoms with Gasteiger partial charge in [0.1, 0.15) is 5.75 Å². The van der Waals surface area contributed by atoms with Crippen LogP contribution >= 0.6 is 38.9 Å². The summed E-state index contributed by atoms with van der Waals surface area (Å²) in [5.41, 5.74) is -2.45. The number of esters is 2. The third kappa shape index (κ3) is 5.62. The fourth-order valence-corrected chi connectivity index (χ4v) is 5.32. The van der Waals surface area contributed by atoms with Gasteiger partial charge in [0.15, 0.2) is 10.5 Å². The maximum absolute atomic E-state index is 14.2. The number of ether oxygens (including phenoxy) is 2. The Balaban J connectivity index is 2.05. The van der Waals surface area contributed by atoms with Crippen molar-refractivity contribution in [2.24, 2.45) is 4.99 Å². The Morgan fingerprint density at radius 3 is 2.50 bits per heavy atom. The molecule has 1 aliphatic heterocycles. The van der Waals surface area contributed by atoms with Gasteiger partial charge in [-0.25, -0.2) is 9.79 Å². The third-order valence-corrected chi connectivity index (χ3v) is 7.02. The third-order valence-electron chi connectivity index (χ3n) is 5.29. The molecule has 0 N–H and O–H groups in total. The van der Waals surface area contributed by atoms with E-state index in [2.05, 4.69) is 20.9 Å². The molecular weight excluding hydrogens is 613 g/mol. The number of benzene rings is 2. The molecule has 1 aromatic heterocycles. The molecule has 0 amide bonds. The second-order valence-electron chi connectivity index (χ2n) is 7.89. The molecule has 1 aliphatic rings. The van der Waals surface area contributed by atoms with Crippen molar-refractivity contribution in [1.82, 2.24) is 4.57 Å². The molecule has 0 fully saturated rings. The van der Waals surface area contributed by atoms with Crippen LogP contribution in [0.4, 0.5) is 13.2 Å². The Morgan fingerprint density at radius 1 is 1.21 bits per heavy atom. The number of hydrogen-bond donors (Lipinski definition) is 0. The van der Waals surface area contributed by atoms with Gasteiger partial charge in [0, 0.05) is 22.0 Å². The molecule has 0 radical (unpaired) electrons. The van der Waals surface area contributed by atoms with Crippen LogP contribution in [-0.4, -0.2) is 29.3 Å². The maximum Gasteiger partial charge on any atom is 0.434 e. The van der Waals surface area contributed by atoms with Crippen LogP contribution in [0.3, 0.4) is 0 Å². The highest BCUT2D eigenvalue weighted by atomic mass is 79.9.